The van der Waals surface area contributed by atoms with Crippen molar-refractivity contribution < 1.29 is 37.9 Å². The molecule has 0 bridgehead atoms. The van der Waals surface area contributed by atoms with E-state index in [0.717, 1.165) is 0 Å². The molecule has 1 atom stereocenters. The van der Waals surface area contributed by atoms with Gasteiger partial charge in [-0.05, 0) is 6.52 Å². The molecule has 8 nitrogen and oxygen atoms in total. The molecule has 0 aromatic heterocycles. The van der Waals surface area contributed by atoms with Gasteiger partial charge in [-0.1, -0.05) is 0 Å². The Morgan fingerprint density at radius 3 is 1.62 bits per heavy atom. The summed E-state index contributed by atoms with van der Waals surface area (Å²) in [7, 11) is -11.9. The molecule has 0 aliphatic rings. The second kappa shape index (κ2) is 3.76. The minimum absolute atomic E-state index is 2.46. The molecule has 0 fully saturated rings. The van der Waals surface area contributed by atoms with Gasteiger partial charge < -0.3 is 30.4 Å². The largest absolute Gasteiger partial charge is 0.369 e. The van der Waals surface area contributed by atoms with E-state index in [2.05, 4.69) is 0 Å². The van der Waals surface area contributed by atoms with Crippen molar-refractivity contribution in [3.05, 3.63) is 0 Å². The van der Waals surface area contributed by atoms with Crippen LogP contribution in [0.5, 0.6) is 0 Å². The van der Waals surface area contributed by atoms with Crippen molar-refractivity contribution in [2.75, 3.05) is 6.52 Å². The Balaban J connectivity index is 6.03. The van der Waals surface area contributed by atoms with Crippen LogP contribution >= 0.6 is 15.2 Å². The van der Waals surface area contributed by atoms with Gasteiger partial charge in [-0.25, -0.2) is 0 Å². The second-order valence-electron chi connectivity index (χ2n) is 2.03. The van der Waals surface area contributed by atoms with Crippen LogP contribution in [0.2, 0.25) is 0 Å². The van der Waals surface area contributed by atoms with E-state index in [1.54, 1.807) is 0 Å². The average Bonchev–Trinajstić information content (AvgIpc) is 1.97. The predicted molar refractivity (Wildman–Crippen MR) is 42.7 cm³/mol. The molecule has 13 heavy (non-hydrogen) atoms. The van der Waals surface area contributed by atoms with Crippen molar-refractivity contribution in [1.82, 2.24) is 0 Å². The van der Waals surface area contributed by atoms with Crippen LogP contribution in [-0.4, -0.2) is 36.3 Å². The summed E-state index contributed by atoms with van der Waals surface area (Å²) in [5.74, 6) is 0. The van der Waals surface area contributed by atoms with Crippen molar-refractivity contribution in [3.8, 4) is 0 Å². The van der Waals surface area contributed by atoms with E-state index < -0.39 is 33.2 Å². The van der Waals surface area contributed by atoms with Gasteiger partial charge in [0, 0.05) is 10.5 Å². The van der Waals surface area contributed by atoms with Crippen molar-refractivity contribution >= 4 is 15.2 Å². The number of hydrogen-bond donors (Lipinski definition) is 6. The van der Waals surface area contributed by atoms with Gasteiger partial charge in [0.2, 0.25) is 0 Å². The summed E-state index contributed by atoms with van der Waals surface area (Å²) in [5, 5.41) is 4.93. The van der Waals surface area contributed by atoms with Gasteiger partial charge in [0.25, 0.3) is 5.08 Å². The molecule has 0 aliphatic carbocycles. The fraction of sp³-hybridized carbons (Fsp3) is 1.00. The zero-order valence-electron chi connectivity index (χ0n) is 9.10. The SMILES string of the molecule is [2H]C(N)C([2H])([2H])C(O)(P(=O)(O)O)P(=O)(O)O. The summed E-state index contributed by atoms with van der Waals surface area (Å²) in [6, 6.07) is 0. The van der Waals surface area contributed by atoms with Gasteiger partial charge in [0.1, 0.15) is 0 Å². The van der Waals surface area contributed by atoms with E-state index in [-0.39, 0.29) is 0 Å². The first kappa shape index (κ1) is 8.52. The van der Waals surface area contributed by atoms with Crippen LogP contribution in [0.15, 0.2) is 0 Å². The Bertz CT molecular complexity index is 338. The summed E-state index contributed by atoms with van der Waals surface area (Å²) in [5.41, 5.74) is 4.69. The highest BCUT2D eigenvalue weighted by Gasteiger charge is 2.58. The lowest BCUT2D eigenvalue weighted by Crippen LogP contribution is -2.31. The van der Waals surface area contributed by atoms with Crippen molar-refractivity contribution in [2.24, 2.45) is 5.73 Å². The van der Waals surface area contributed by atoms with Crippen LogP contribution in [0.25, 0.3) is 0 Å². The Morgan fingerprint density at radius 2 is 1.54 bits per heavy atom. The lowest BCUT2D eigenvalue weighted by atomic mass is 10.5. The maximum atomic E-state index is 10.8. The third kappa shape index (κ3) is 2.59. The molecule has 0 rings (SSSR count). The van der Waals surface area contributed by atoms with Crippen molar-refractivity contribution in [3.63, 3.8) is 0 Å². The Morgan fingerprint density at radius 1 is 1.23 bits per heavy atom. The topological polar surface area (TPSA) is 161 Å². The highest BCUT2D eigenvalue weighted by molar-refractivity contribution is 7.72. The van der Waals surface area contributed by atoms with Crippen LogP contribution in [0.4, 0.5) is 0 Å². The number of hydrogen-bond acceptors (Lipinski definition) is 4. The lowest BCUT2D eigenvalue weighted by molar-refractivity contribution is 0.125. The summed E-state index contributed by atoms with van der Waals surface area (Å²) >= 11 is 0. The zero-order chi connectivity index (χ0) is 13.6. The van der Waals surface area contributed by atoms with Crippen LogP contribution in [0, 0.1) is 0 Å². The molecular weight excluding hydrogens is 224 g/mol. The molecule has 0 aromatic rings. The summed E-state index contributed by atoms with van der Waals surface area (Å²) in [4.78, 5) is 34.6. The van der Waals surface area contributed by atoms with Gasteiger partial charge in [0.05, 0.1) is 0 Å². The van der Waals surface area contributed by atoms with Gasteiger partial charge in [-0.2, -0.15) is 0 Å². The Hall–Kier alpha value is 0.220. The second-order valence-corrected chi connectivity index (χ2v) is 5.86. The highest BCUT2D eigenvalue weighted by Crippen LogP contribution is 2.68. The Kier molecular flexibility index (Phi) is 2.47. The number of rotatable bonds is 4. The third-order valence-corrected chi connectivity index (χ3v) is 4.54. The molecule has 10 heteroatoms. The Labute approximate surface area is 77.9 Å². The predicted octanol–water partition coefficient (Wildman–Crippen LogP) is -1.66. The van der Waals surface area contributed by atoms with Crippen LogP contribution in [-0.2, 0) is 9.13 Å². The van der Waals surface area contributed by atoms with Gasteiger partial charge in [0.15, 0.2) is 0 Å². The lowest BCUT2D eigenvalue weighted by Gasteiger charge is -2.28. The quantitative estimate of drug-likeness (QED) is 0.317. The minimum atomic E-state index is -5.97. The van der Waals surface area contributed by atoms with E-state index in [4.69, 9.17) is 29.4 Å². The highest BCUT2D eigenvalue weighted by atomic mass is 31.2. The van der Waals surface area contributed by atoms with Gasteiger partial charge in [-0.3, -0.25) is 9.13 Å². The maximum Gasteiger partial charge on any atom is 0.369 e. The molecule has 0 spiro atoms. The average molecular weight is 238 g/mol. The first-order valence-corrected chi connectivity index (χ1v) is 5.93. The van der Waals surface area contributed by atoms with Crippen LogP contribution in [0.1, 0.15) is 10.5 Å². The van der Waals surface area contributed by atoms with E-state index in [9.17, 15) is 14.2 Å². The van der Waals surface area contributed by atoms with Crippen LogP contribution < -0.4 is 5.73 Å². The van der Waals surface area contributed by atoms with Crippen LogP contribution in [0.3, 0.4) is 0 Å². The number of nitrogens with two attached hydrogens (primary N) is 1. The van der Waals surface area contributed by atoms with E-state index in [1.165, 1.54) is 0 Å². The fourth-order valence-electron chi connectivity index (χ4n) is 0.450. The summed E-state index contributed by atoms with van der Waals surface area (Å²) < 4.78 is 42.3. The molecule has 0 amide bonds. The molecule has 0 saturated carbocycles. The molecule has 7 N–H and O–H groups in total. The number of aliphatic hydroxyl groups is 1. The molecule has 0 heterocycles. The third-order valence-electron chi connectivity index (χ3n) is 1.09. The van der Waals surface area contributed by atoms with E-state index in [1.807, 2.05) is 0 Å². The summed E-state index contributed by atoms with van der Waals surface area (Å²) in [6.45, 7) is -2.46. The minimum Gasteiger partial charge on any atom is -0.367 e. The van der Waals surface area contributed by atoms with Crippen molar-refractivity contribution in [2.45, 2.75) is 11.5 Å². The molecule has 0 radical (unpaired) electrons. The van der Waals surface area contributed by atoms with E-state index >= 15 is 0 Å². The maximum absolute atomic E-state index is 10.8. The first-order chi connectivity index (χ1) is 6.69. The van der Waals surface area contributed by atoms with E-state index in [0.29, 0.717) is 0 Å². The first-order valence-electron chi connectivity index (χ1n) is 4.29. The smallest absolute Gasteiger partial charge is 0.367 e. The van der Waals surface area contributed by atoms with Gasteiger partial charge >= 0.3 is 15.2 Å². The molecule has 0 aromatic carbocycles. The monoisotopic (exact) mass is 238 g/mol. The molecule has 0 aliphatic heterocycles. The molecular formula is C3H11NO7P2. The van der Waals surface area contributed by atoms with Gasteiger partial charge in [-0.15, -0.1) is 0 Å². The molecule has 0 saturated heterocycles. The fourth-order valence-corrected chi connectivity index (χ4v) is 2.29. The molecule has 80 valence electrons. The summed E-state index contributed by atoms with van der Waals surface area (Å²) in [6.07, 6.45) is -3.70. The standard InChI is InChI=1S/C3H11NO7P2/c4-2-1-3(5,12(6,7)8)13(9,10)11/h5H,1-2,4H2,(H2,6,7,8)(H2,9,10,11)/i1D2,2D. The molecule has 1 unspecified atom stereocenters. The zero-order valence-corrected chi connectivity index (χ0v) is 7.89. The van der Waals surface area contributed by atoms with Crippen molar-refractivity contribution in [1.29, 1.82) is 0 Å². The normalized spacial score (nSPS) is 21.5.